The third-order valence-corrected chi connectivity index (χ3v) is 4.17. The summed E-state index contributed by atoms with van der Waals surface area (Å²) in [6.45, 7) is 4.77. The van der Waals surface area contributed by atoms with Gasteiger partial charge >= 0.3 is 5.97 Å². The van der Waals surface area contributed by atoms with Crippen LogP contribution >= 0.6 is 0 Å². The van der Waals surface area contributed by atoms with Crippen LogP contribution < -0.4 is 0 Å². The van der Waals surface area contributed by atoms with Gasteiger partial charge in [-0.15, -0.1) is 0 Å². The van der Waals surface area contributed by atoms with Crippen molar-refractivity contribution in [1.29, 1.82) is 0 Å². The Morgan fingerprint density at radius 2 is 1.29 bits per heavy atom. The van der Waals surface area contributed by atoms with Gasteiger partial charge in [-0.25, -0.2) is 0 Å². The average Bonchev–Trinajstić information content (AvgIpc) is 3.00. The number of ether oxygens (including phenoxy) is 2. The highest BCUT2D eigenvalue weighted by molar-refractivity contribution is 4.93. The maximum absolute atomic E-state index is 10.1. The van der Waals surface area contributed by atoms with Crippen LogP contribution in [0.3, 0.4) is 0 Å². The van der Waals surface area contributed by atoms with Crippen molar-refractivity contribution in [3.8, 4) is 0 Å². The van der Waals surface area contributed by atoms with Crippen LogP contribution in [0.25, 0.3) is 0 Å². The molecule has 1 aliphatic heterocycles. The first-order valence-corrected chi connectivity index (χ1v) is 8.87. The number of hydrogen-bond donors (Lipinski definition) is 2. The molecule has 1 saturated heterocycles. The van der Waals surface area contributed by atoms with Gasteiger partial charge in [0.05, 0.1) is 6.61 Å². The van der Waals surface area contributed by atoms with Crippen LogP contribution in [0.15, 0.2) is 0 Å². The monoisotopic (exact) mass is 302 g/mol. The molecule has 1 heterocycles. The third kappa shape index (κ3) is 6.64. The van der Waals surface area contributed by atoms with Gasteiger partial charge in [0, 0.05) is 6.42 Å². The summed E-state index contributed by atoms with van der Waals surface area (Å²) in [7, 11) is 0. The van der Waals surface area contributed by atoms with Gasteiger partial charge in [-0.05, 0) is 12.8 Å². The molecule has 0 radical (unpaired) electrons. The summed E-state index contributed by atoms with van der Waals surface area (Å²) in [5.74, 6) is -3.22. The molecule has 0 spiro atoms. The predicted octanol–water partition coefficient (Wildman–Crippen LogP) is 4.09. The van der Waals surface area contributed by atoms with E-state index in [1.807, 2.05) is 0 Å². The van der Waals surface area contributed by atoms with Crippen LogP contribution in [0.2, 0.25) is 0 Å². The van der Waals surface area contributed by atoms with Gasteiger partial charge in [-0.2, -0.15) is 0 Å². The van der Waals surface area contributed by atoms with Crippen molar-refractivity contribution in [3.63, 3.8) is 0 Å². The molecule has 21 heavy (non-hydrogen) atoms. The minimum atomic E-state index is -1.75. The Morgan fingerprint density at radius 1 is 0.762 bits per heavy atom. The van der Waals surface area contributed by atoms with Crippen molar-refractivity contribution in [3.05, 3.63) is 0 Å². The van der Waals surface area contributed by atoms with Crippen LogP contribution in [0.1, 0.15) is 90.9 Å². The lowest BCUT2D eigenvalue weighted by Crippen LogP contribution is -2.29. The summed E-state index contributed by atoms with van der Waals surface area (Å²) in [6, 6.07) is 0. The topological polar surface area (TPSA) is 62.2 Å². The fraction of sp³-hybridized carbons (Fsp3) is 1.00. The van der Waals surface area contributed by atoms with E-state index in [2.05, 4.69) is 13.8 Å². The molecule has 1 rings (SSSR count). The Hall–Kier alpha value is -0.160. The van der Waals surface area contributed by atoms with Gasteiger partial charge in [0.15, 0.2) is 0 Å². The summed E-state index contributed by atoms with van der Waals surface area (Å²) in [5.41, 5.74) is 0. The molecule has 2 unspecified atom stereocenters. The van der Waals surface area contributed by atoms with Crippen molar-refractivity contribution >= 4 is 0 Å². The standard InChI is InChI=1S/C17H34O4/c1-3-5-7-8-9-10-11-12-14-16(18)17(19,21-16)20-15-13-6-4-2/h18-19H,3-15H2,1-2H3. The Morgan fingerprint density at radius 3 is 1.90 bits per heavy atom. The van der Waals surface area contributed by atoms with E-state index in [0.717, 1.165) is 32.1 Å². The molecule has 1 aliphatic rings. The molecule has 0 aromatic heterocycles. The summed E-state index contributed by atoms with van der Waals surface area (Å²) in [5, 5.41) is 20.0. The zero-order valence-corrected chi connectivity index (χ0v) is 13.9. The smallest absolute Gasteiger partial charge is 0.340 e. The van der Waals surface area contributed by atoms with Gasteiger partial charge in [0.1, 0.15) is 0 Å². The van der Waals surface area contributed by atoms with Crippen LogP contribution in [-0.4, -0.2) is 28.6 Å². The van der Waals surface area contributed by atoms with Crippen LogP contribution in [0.4, 0.5) is 0 Å². The second kappa shape index (κ2) is 9.78. The predicted molar refractivity (Wildman–Crippen MR) is 83.7 cm³/mol. The molecular formula is C17H34O4. The lowest BCUT2D eigenvalue weighted by atomic mass is 10.1. The number of hydrogen-bond acceptors (Lipinski definition) is 4. The molecule has 4 heteroatoms. The molecule has 0 aromatic carbocycles. The van der Waals surface area contributed by atoms with E-state index in [-0.39, 0.29) is 0 Å². The molecule has 126 valence electrons. The van der Waals surface area contributed by atoms with E-state index in [4.69, 9.17) is 9.47 Å². The number of aliphatic hydroxyl groups is 2. The third-order valence-electron chi connectivity index (χ3n) is 4.17. The summed E-state index contributed by atoms with van der Waals surface area (Å²) in [4.78, 5) is 0. The molecule has 4 nitrogen and oxygen atoms in total. The Labute approximate surface area is 129 Å². The van der Waals surface area contributed by atoms with E-state index < -0.39 is 11.8 Å². The molecule has 0 bridgehead atoms. The van der Waals surface area contributed by atoms with E-state index in [0.29, 0.717) is 13.0 Å². The Bertz CT molecular complexity index is 272. The average molecular weight is 302 g/mol. The Balaban J connectivity index is 1.99. The van der Waals surface area contributed by atoms with Crippen molar-refractivity contribution in [1.82, 2.24) is 0 Å². The summed E-state index contributed by atoms with van der Waals surface area (Å²) >= 11 is 0. The van der Waals surface area contributed by atoms with Crippen molar-refractivity contribution in [2.24, 2.45) is 0 Å². The lowest BCUT2D eigenvalue weighted by molar-refractivity contribution is -0.204. The normalized spacial score (nSPS) is 28.0. The highest BCUT2D eigenvalue weighted by Crippen LogP contribution is 2.48. The first-order chi connectivity index (χ1) is 10.1. The number of unbranched alkanes of at least 4 members (excludes halogenated alkanes) is 9. The highest BCUT2D eigenvalue weighted by atomic mass is 17.0. The molecule has 0 aliphatic carbocycles. The van der Waals surface area contributed by atoms with E-state index in [9.17, 15) is 10.2 Å². The maximum Gasteiger partial charge on any atom is 0.340 e. The van der Waals surface area contributed by atoms with Crippen LogP contribution in [-0.2, 0) is 9.47 Å². The largest absolute Gasteiger partial charge is 0.359 e. The zero-order chi connectivity index (χ0) is 15.6. The van der Waals surface area contributed by atoms with E-state index >= 15 is 0 Å². The molecule has 0 aromatic rings. The molecule has 2 atom stereocenters. The van der Waals surface area contributed by atoms with Crippen LogP contribution in [0, 0.1) is 0 Å². The highest BCUT2D eigenvalue weighted by Gasteiger charge is 2.71. The minimum absolute atomic E-state index is 0.435. The second-order valence-electron chi connectivity index (χ2n) is 6.25. The first-order valence-electron chi connectivity index (χ1n) is 8.87. The Kier molecular flexibility index (Phi) is 8.79. The molecule has 2 N–H and O–H groups in total. The van der Waals surface area contributed by atoms with Gasteiger partial charge < -0.3 is 14.9 Å². The van der Waals surface area contributed by atoms with Gasteiger partial charge in [0.25, 0.3) is 5.79 Å². The molecular weight excluding hydrogens is 268 g/mol. The lowest BCUT2D eigenvalue weighted by Gasteiger charge is -2.11. The first kappa shape index (κ1) is 18.9. The van der Waals surface area contributed by atoms with Crippen LogP contribution in [0.5, 0.6) is 0 Å². The molecule has 0 saturated carbocycles. The number of epoxide rings is 1. The SMILES string of the molecule is CCCCCCCCCCC1(O)OC1(O)OCCCCC. The van der Waals surface area contributed by atoms with Crippen molar-refractivity contribution < 1.29 is 19.7 Å². The summed E-state index contributed by atoms with van der Waals surface area (Å²) in [6.07, 6.45) is 13.1. The van der Waals surface area contributed by atoms with E-state index in [1.54, 1.807) is 0 Å². The quantitative estimate of drug-likeness (QED) is 0.288. The van der Waals surface area contributed by atoms with Gasteiger partial charge in [-0.1, -0.05) is 71.6 Å². The van der Waals surface area contributed by atoms with Gasteiger partial charge in [0.2, 0.25) is 0 Å². The summed E-state index contributed by atoms with van der Waals surface area (Å²) < 4.78 is 10.3. The van der Waals surface area contributed by atoms with Crippen molar-refractivity contribution in [2.75, 3.05) is 6.61 Å². The van der Waals surface area contributed by atoms with E-state index in [1.165, 1.54) is 38.5 Å². The fourth-order valence-corrected chi connectivity index (χ4v) is 2.62. The second-order valence-corrected chi connectivity index (χ2v) is 6.25. The minimum Gasteiger partial charge on any atom is -0.359 e. The molecule has 1 fully saturated rings. The number of rotatable bonds is 14. The fourth-order valence-electron chi connectivity index (χ4n) is 2.62. The zero-order valence-electron chi connectivity index (χ0n) is 13.9. The molecule has 0 amide bonds. The van der Waals surface area contributed by atoms with Gasteiger partial charge in [-0.3, -0.25) is 4.74 Å². The van der Waals surface area contributed by atoms with Crippen molar-refractivity contribution in [2.45, 2.75) is 103 Å². The maximum atomic E-state index is 10.1.